The lowest BCUT2D eigenvalue weighted by atomic mass is 9.98. The van der Waals surface area contributed by atoms with Gasteiger partial charge in [-0.1, -0.05) is 53.6 Å². The van der Waals surface area contributed by atoms with Crippen LogP contribution in [0, 0.1) is 13.8 Å². The van der Waals surface area contributed by atoms with Gasteiger partial charge in [0.1, 0.15) is 0 Å². The molecule has 1 N–H and O–H groups in total. The van der Waals surface area contributed by atoms with Crippen LogP contribution in [0.4, 0.5) is 5.69 Å². The lowest BCUT2D eigenvalue weighted by Gasteiger charge is -2.15. The summed E-state index contributed by atoms with van der Waals surface area (Å²) >= 11 is 0. The Bertz CT molecular complexity index is 603. The number of anilines is 1. The molecule has 0 saturated heterocycles. The fourth-order valence-electron chi connectivity index (χ4n) is 2.53. The van der Waals surface area contributed by atoms with E-state index >= 15 is 0 Å². The Morgan fingerprint density at radius 2 is 1.67 bits per heavy atom. The minimum atomic E-state index is 0.920. The third-order valence-corrected chi connectivity index (χ3v) is 3.32. The van der Waals surface area contributed by atoms with E-state index < -0.39 is 0 Å². The van der Waals surface area contributed by atoms with Gasteiger partial charge < -0.3 is 5.32 Å². The minimum absolute atomic E-state index is 0.920. The molecule has 0 radical (unpaired) electrons. The van der Waals surface area contributed by atoms with Gasteiger partial charge in [0.05, 0.1) is 0 Å². The molecule has 0 spiro atoms. The number of hydrogen-bond donors (Lipinski definition) is 1. The van der Waals surface area contributed by atoms with Crippen LogP contribution in [0.25, 0.3) is 17.2 Å². The van der Waals surface area contributed by atoms with Gasteiger partial charge in [0.2, 0.25) is 0 Å². The van der Waals surface area contributed by atoms with E-state index in [0.29, 0.717) is 0 Å². The van der Waals surface area contributed by atoms with Gasteiger partial charge in [-0.05, 0) is 36.6 Å². The Balaban J connectivity index is 2.09. The van der Waals surface area contributed by atoms with E-state index in [0.717, 1.165) is 6.54 Å². The second-order valence-electron chi connectivity index (χ2n) is 4.96. The van der Waals surface area contributed by atoms with Crippen LogP contribution in [-0.2, 0) is 0 Å². The molecule has 0 aliphatic carbocycles. The van der Waals surface area contributed by atoms with Gasteiger partial charge in [-0.15, -0.1) is 0 Å². The van der Waals surface area contributed by atoms with Crippen molar-refractivity contribution in [1.29, 1.82) is 0 Å². The number of benzene rings is 2. The molecule has 0 saturated carbocycles. The van der Waals surface area contributed by atoms with Gasteiger partial charge in [-0.25, -0.2) is 0 Å². The standard InChI is InChI=1S/C17H17N/c1-12-8-13(2)10-16(9-12)15-6-5-14-4-3-7-18-17(14)11-15/h3-6,8-11,18H,7H2,1-2H3. The summed E-state index contributed by atoms with van der Waals surface area (Å²) < 4.78 is 0. The van der Waals surface area contributed by atoms with Crippen molar-refractivity contribution >= 4 is 11.8 Å². The highest BCUT2D eigenvalue weighted by molar-refractivity contribution is 5.77. The summed E-state index contributed by atoms with van der Waals surface area (Å²) in [5, 5.41) is 3.42. The first-order chi connectivity index (χ1) is 8.72. The number of nitrogens with one attached hydrogen (secondary N) is 1. The summed E-state index contributed by atoms with van der Waals surface area (Å²) in [6.07, 6.45) is 4.33. The third-order valence-electron chi connectivity index (χ3n) is 3.32. The van der Waals surface area contributed by atoms with E-state index in [-0.39, 0.29) is 0 Å². The Morgan fingerprint density at radius 1 is 0.889 bits per heavy atom. The average Bonchev–Trinajstić information content (AvgIpc) is 2.37. The van der Waals surface area contributed by atoms with Crippen LogP contribution in [0.5, 0.6) is 0 Å². The summed E-state index contributed by atoms with van der Waals surface area (Å²) in [4.78, 5) is 0. The second kappa shape index (κ2) is 4.34. The molecule has 0 amide bonds. The summed E-state index contributed by atoms with van der Waals surface area (Å²) in [5.41, 5.74) is 7.71. The van der Waals surface area contributed by atoms with E-state index in [9.17, 15) is 0 Å². The third kappa shape index (κ3) is 2.04. The van der Waals surface area contributed by atoms with E-state index in [1.165, 1.54) is 33.5 Å². The van der Waals surface area contributed by atoms with E-state index in [1.807, 2.05) is 0 Å². The molecule has 0 bridgehead atoms. The van der Waals surface area contributed by atoms with Gasteiger partial charge in [0, 0.05) is 12.2 Å². The van der Waals surface area contributed by atoms with Gasteiger partial charge in [0.25, 0.3) is 0 Å². The number of fused-ring (bicyclic) bond motifs is 1. The monoisotopic (exact) mass is 235 g/mol. The van der Waals surface area contributed by atoms with Crippen molar-refractivity contribution < 1.29 is 0 Å². The molecule has 3 rings (SSSR count). The Kier molecular flexibility index (Phi) is 2.67. The zero-order valence-electron chi connectivity index (χ0n) is 10.8. The molecule has 1 nitrogen and oxygen atoms in total. The SMILES string of the molecule is Cc1cc(C)cc(-c2ccc3c(c2)NCC=C3)c1. The minimum Gasteiger partial charge on any atom is -0.381 e. The van der Waals surface area contributed by atoms with E-state index in [4.69, 9.17) is 0 Å². The van der Waals surface area contributed by atoms with Crippen LogP contribution in [0.1, 0.15) is 16.7 Å². The van der Waals surface area contributed by atoms with Crippen LogP contribution < -0.4 is 5.32 Å². The topological polar surface area (TPSA) is 12.0 Å². The Hall–Kier alpha value is -2.02. The van der Waals surface area contributed by atoms with Crippen molar-refractivity contribution in [3.05, 3.63) is 59.2 Å². The summed E-state index contributed by atoms with van der Waals surface area (Å²) in [5.74, 6) is 0. The Morgan fingerprint density at radius 3 is 2.44 bits per heavy atom. The van der Waals surface area contributed by atoms with Crippen molar-refractivity contribution in [2.24, 2.45) is 0 Å². The van der Waals surface area contributed by atoms with Gasteiger partial charge in [-0.3, -0.25) is 0 Å². The zero-order valence-corrected chi connectivity index (χ0v) is 10.8. The molecule has 0 atom stereocenters. The lowest BCUT2D eigenvalue weighted by molar-refractivity contribution is 1.31. The highest BCUT2D eigenvalue weighted by Gasteiger charge is 2.06. The molecule has 1 heterocycles. The fraction of sp³-hybridized carbons (Fsp3) is 0.176. The first-order valence-electron chi connectivity index (χ1n) is 6.35. The van der Waals surface area contributed by atoms with E-state index in [1.54, 1.807) is 0 Å². The average molecular weight is 235 g/mol. The molecule has 0 fully saturated rings. The van der Waals surface area contributed by atoms with Crippen LogP contribution in [-0.4, -0.2) is 6.54 Å². The maximum absolute atomic E-state index is 3.42. The Labute approximate surface area is 108 Å². The molecule has 1 aliphatic rings. The highest BCUT2D eigenvalue weighted by atomic mass is 14.9. The van der Waals surface area contributed by atoms with Crippen LogP contribution in [0.15, 0.2) is 42.5 Å². The van der Waals surface area contributed by atoms with Crippen LogP contribution in [0.2, 0.25) is 0 Å². The number of aryl methyl sites for hydroxylation is 2. The van der Waals surface area contributed by atoms with Gasteiger partial charge in [0.15, 0.2) is 0 Å². The first kappa shape index (κ1) is 11.1. The van der Waals surface area contributed by atoms with Crippen molar-refractivity contribution in [3.63, 3.8) is 0 Å². The molecule has 0 aromatic heterocycles. The summed E-state index contributed by atoms with van der Waals surface area (Å²) in [6.45, 7) is 5.22. The molecule has 2 aromatic carbocycles. The van der Waals surface area contributed by atoms with Gasteiger partial charge >= 0.3 is 0 Å². The maximum atomic E-state index is 3.42. The van der Waals surface area contributed by atoms with Gasteiger partial charge in [-0.2, -0.15) is 0 Å². The molecule has 2 aromatic rings. The predicted molar refractivity (Wildman–Crippen MR) is 78.9 cm³/mol. The fourth-order valence-corrected chi connectivity index (χ4v) is 2.53. The molecular formula is C17H17N. The largest absolute Gasteiger partial charge is 0.381 e. The maximum Gasteiger partial charge on any atom is 0.0422 e. The smallest absolute Gasteiger partial charge is 0.0422 e. The summed E-state index contributed by atoms with van der Waals surface area (Å²) in [7, 11) is 0. The normalized spacial score (nSPS) is 13.0. The molecule has 18 heavy (non-hydrogen) atoms. The van der Waals surface area contributed by atoms with Crippen LogP contribution >= 0.6 is 0 Å². The van der Waals surface area contributed by atoms with Crippen molar-refractivity contribution in [1.82, 2.24) is 0 Å². The lowest BCUT2D eigenvalue weighted by Crippen LogP contribution is -2.04. The molecule has 90 valence electrons. The van der Waals surface area contributed by atoms with Crippen LogP contribution in [0.3, 0.4) is 0 Å². The van der Waals surface area contributed by atoms with Crippen molar-refractivity contribution in [2.75, 3.05) is 11.9 Å². The molecular weight excluding hydrogens is 218 g/mol. The number of rotatable bonds is 1. The van der Waals surface area contributed by atoms with Crippen molar-refractivity contribution in [3.8, 4) is 11.1 Å². The highest BCUT2D eigenvalue weighted by Crippen LogP contribution is 2.29. The second-order valence-corrected chi connectivity index (χ2v) is 4.96. The quantitative estimate of drug-likeness (QED) is 0.772. The molecule has 1 heteroatoms. The first-order valence-corrected chi connectivity index (χ1v) is 6.35. The van der Waals surface area contributed by atoms with Crippen molar-refractivity contribution in [2.45, 2.75) is 13.8 Å². The summed E-state index contributed by atoms with van der Waals surface area (Å²) in [6, 6.07) is 13.3. The molecule has 1 aliphatic heterocycles. The predicted octanol–water partition coefficient (Wildman–Crippen LogP) is 4.41. The zero-order chi connectivity index (χ0) is 12.5. The molecule has 0 unspecified atom stereocenters. The number of hydrogen-bond acceptors (Lipinski definition) is 1. The van der Waals surface area contributed by atoms with E-state index in [2.05, 4.69) is 67.7 Å².